The highest BCUT2D eigenvalue weighted by atomic mass is 16.4. The Kier molecular flexibility index (Phi) is 2.96. The number of anilines is 1. The smallest absolute Gasteiger partial charge is 0.325 e. The first-order valence-corrected chi connectivity index (χ1v) is 4.88. The van der Waals surface area contributed by atoms with E-state index in [4.69, 9.17) is 5.11 Å². The lowest BCUT2D eigenvalue weighted by Crippen LogP contribution is -2.13. The first kappa shape index (κ1) is 11.6. The van der Waals surface area contributed by atoms with Crippen molar-refractivity contribution in [3.63, 3.8) is 0 Å². The number of H-pyrrole nitrogens is 2. The molecule has 0 aliphatic carbocycles. The van der Waals surface area contributed by atoms with E-state index in [1.54, 1.807) is 0 Å². The van der Waals surface area contributed by atoms with Crippen molar-refractivity contribution in [3.05, 3.63) is 34.8 Å². The molecule has 0 aromatic carbocycles. The number of amides is 1. The molecule has 1 amide bonds. The van der Waals surface area contributed by atoms with E-state index in [9.17, 15) is 14.4 Å². The van der Waals surface area contributed by atoms with E-state index in [-0.39, 0.29) is 12.2 Å². The molecule has 2 heterocycles. The van der Waals surface area contributed by atoms with Gasteiger partial charge in [0.15, 0.2) is 0 Å². The quantitative estimate of drug-likeness (QED) is 0.566. The van der Waals surface area contributed by atoms with Crippen molar-refractivity contribution in [3.8, 4) is 0 Å². The molecule has 4 N–H and O–H groups in total. The van der Waals surface area contributed by atoms with Crippen LogP contribution in [0.1, 0.15) is 10.5 Å². The first-order chi connectivity index (χ1) is 8.54. The van der Waals surface area contributed by atoms with Gasteiger partial charge in [-0.3, -0.25) is 14.3 Å². The summed E-state index contributed by atoms with van der Waals surface area (Å²) in [6, 6.07) is 0. The summed E-state index contributed by atoms with van der Waals surface area (Å²) in [4.78, 5) is 37.4. The largest absolute Gasteiger partial charge is 0.480 e. The van der Waals surface area contributed by atoms with E-state index < -0.39 is 17.6 Å². The number of aliphatic carboxylic acids is 1. The fraction of sp³-hybridized carbons (Fsp3) is 0.111. The van der Waals surface area contributed by atoms with Crippen LogP contribution in [0.25, 0.3) is 0 Å². The van der Waals surface area contributed by atoms with Gasteiger partial charge in [-0.1, -0.05) is 0 Å². The summed E-state index contributed by atoms with van der Waals surface area (Å²) in [6.45, 7) is -0.295. The molecule has 0 radical (unpaired) electrons. The van der Waals surface area contributed by atoms with Gasteiger partial charge in [0.25, 0.3) is 5.91 Å². The number of carboxylic acids is 1. The van der Waals surface area contributed by atoms with Crippen LogP contribution in [0.2, 0.25) is 0 Å². The topological polar surface area (TPSA) is 133 Å². The molecule has 2 aromatic rings. The van der Waals surface area contributed by atoms with Crippen molar-refractivity contribution in [1.29, 1.82) is 0 Å². The number of carboxylic acid groups (broad SMARTS) is 1. The lowest BCUT2D eigenvalue weighted by atomic mass is 10.4. The molecule has 0 atom stereocenters. The van der Waals surface area contributed by atoms with Crippen LogP contribution in [0.15, 0.2) is 23.4 Å². The number of carbonyl (C=O) groups is 2. The summed E-state index contributed by atoms with van der Waals surface area (Å²) in [5.74, 6) is -1.56. The molecule has 0 aliphatic heterocycles. The summed E-state index contributed by atoms with van der Waals surface area (Å²) in [6.07, 6.45) is 3.92. The molecule has 0 unspecified atom stereocenters. The normalized spacial score (nSPS) is 10.2. The van der Waals surface area contributed by atoms with E-state index in [2.05, 4.69) is 20.4 Å². The number of hydrogen-bond donors (Lipinski definition) is 4. The fourth-order valence-corrected chi connectivity index (χ4v) is 1.31. The molecule has 0 saturated carbocycles. The highest BCUT2D eigenvalue weighted by Gasteiger charge is 2.10. The van der Waals surface area contributed by atoms with Crippen LogP contribution in [-0.2, 0) is 11.3 Å². The second-order valence-corrected chi connectivity index (χ2v) is 3.43. The SMILES string of the molecule is O=C(O)Cn1cc(NC(=O)c2c[nH]c(=O)[nH]2)cn1. The number of hydrogen-bond acceptors (Lipinski definition) is 4. The second kappa shape index (κ2) is 4.57. The molecule has 2 rings (SSSR count). The van der Waals surface area contributed by atoms with Gasteiger partial charge in [-0.15, -0.1) is 0 Å². The van der Waals surface area contributed by atoms with Crippen LogP contribution in [0.3, 0.4) is 0 Å². The van der Waals surface area contributed by atoms with Crippen LogP contribution in [0, 0.1) is 0 Å². The minimum Gasteiger partial charge on any atom is -0.480 e. The summed E-state index contributed by atoms with van der Waals surface area (Å²) >= 11 is 0. The zero-order valence-corrected chi connectivity index (χ0v) is 9.01. The maximum Gasteiger partial charge on any atom is 0.325 e. The van der Waals surface area contributed by atoms with E-state index in [0.717, 1.165) is 4.68 Å². The number of nitrogens with one attached hydrogen (secondary N) is 3. The minimum absolute atomic E-state index is 0.0750. The van der Waals surface area contributed by atoms with E-state index in [0.29, 0.717) is 5.69 Å². The standard InChI is InChI=1S/C9H9N5O4/c15-7(16)4-14-3-5(1-11-14)12-8(17)6-2-10-9(18)13-6/h1-3H,4H2,(H,12,17)(H,15,16)(H2,10,13,18). The Hall–Kier alpha value is -2.84. The average molecular weight is 251 g/mol. The Morgan fingerprint density at radius 2 is 2.28 bits per heavy atom. The van der Waals surface area contributed by atoms with E-state index in [1.165, 1.54) is 18.6 Å². The second-order valence-electron chi connectivity index (χ2n) is 3.43. The minimum atomic E-state index is -1.04. The molecule has 0 bridgehead atoms. The zero-order valence-electron chi connectivity index (χ0n) is 9.01. The summed E-state index contributed by atoms with van der Waals surface area (Å²) < 4.78 is 1.16. The molecule has 94 valence electrons. The number of aromatic nitrogens is 4. The van der Waals surface area contributed by atoms with Crippen LogP contribution < -0.4 is 11.0 Å². The van der Waals surface area contributed by atoms with Crippen LogP contribution in [-0.4, -0.2) is 36.7 Å². The lowest BCUT2D eigenvalue weighted by Gasteiger charge is -1.98. The van der Waals surface area contributed by atoms with E-state index >= 15 is 0 Å². The summed E-state index contributed by atoms with van der Waals surface area (Å²) in [5, 5.41) is 14.8. The Morgan fingerprint density at radius 1 is 1.50 bits per heavy atom. The summed E-state index contributed by atoms with van der Waals surface area (Å²) in [7, 11) is 0. The Morgan fingerprint density at radius 3 is 2.89 bits per heavy atom. The molecule has 2 aromatic heterocycles. The Bertz CT molecular complexity index is 637. The van der Waals surface area contributed by atoms with Crippen molar-refractivity contribution >= 4 is 17.6 Å². The highest BCUT2D eigenvalue weighted by molar-refractivity contribution is 6.02. The van der Waals surface area contributed by atoms with Gasteiger partial charge in [-0.25, -0.2) is 4.79 Å². The van der Waals surface area contributed by atoms with Gasteiger partial charge < -0.3 is 20.4 Å². The number of imidazole rings is 1. The van der Waals surface area contributed by atoms with Gasteiger partial charge in [0.1, 0.15) is 12.2 Å². The highest BCUT2D eigenvalue weighted by Crippen LogP contribution is 2.06. The third kappa shape index (κ3) is 2.64. The molecule has 0 spiro atoms. The van der Waals surface area contributed by atoms with E-state index in [1.807, 2.05) is 0 Å². The molecule has 0 aliphatic rings. The number of carbonyl (C=O) groups excluding carboxylic acids is 1. The number of rotatable bonds is 4. The van der Waals surface area contributed by atoms with Gasteiger partial charge in [0.2, 0.25) is 0 Å². The molecule has 18 heavy (non-hydrogen) atoms. The molecule has 9 nitrogen and oxygen atoms in total. The zero-order chi connectivity index (χ0) is 13.1. The van der Waals surface area contributed by atoms with Gasteiger partial charge in [-0.05, 0) is 0 Å². The molecular formula is C9H9N5O4. The first-order valence-electron chi connectivity index (χ1n) is 4.88. The third-order valence-electron chi connectivity index (χ3n) is 2.03. The van der Waals surface area contributed by atoms with Gasteiger partial charge in [0, 0.05) is 12.4 Å². The average Bonchev–Trinajstić information content (AvgIpc) is 2.87. The summed E-state index contributed by atoms with van der Waals surface area (Å²) in [5.41, 5.74) is -0.0731. The van der Waals surface area contributed by atoms with Gasteiger partial charge >= 0.3 is 11.7 Å². The molecule has 9 heteroatoms. The maximum atomic E-state index is 11.6. The van der Waals surface area contributed by atoms with Gasteiger partial charge in [-0.2, -0.15) is 5.10 Å². The fourth-order valence-electron chi connectivity index (χ4n) is 1.31. The van der Waals surface area contributed by atoms with Crippen LogP contribution >= 0.6 is 0 Å². The number of aromatic amines is 2. The van der Waals surface area contributed by atoms with Gasteiger partial charge in [0.05, 0.1) is 11.9 Å². The van der Waals surface area contributed by atoms with Crippen molar-refractivity contribution < 1.29 is 14.7 Å². The van der Waals surface area contributed by atoms with Crippen molar-refractivity contribution in [2.75, 3.05) is 5.32 Å². The molecule has 0 saturated heterocycles. The van der Waals surface area contributed by atoms with Crippen LogP contribution in [0.5, 0.6) is 0 Å². The van der Waals surface area contributed by atoms with Crippen molar-refractivity contribution in [1.82, 2.24) is 19.7 Å². The third-order valence-corrected chi connectivity index (χ3v) is 2.03. The molecule has 0 fully saturated rings. The lowest BCUT2D eigenvalue weighted by molar-refractivity contribution is -0.137. The predicted molar refractivity (Wildman–Crippen MR) is 59.2 cm³/mol. The molecular weight excluding hydrogens is 242 g/mol. The number of nitrogens with zero attached hydrogens (tertiary/aromatic N) is 2. The van der Waals surface area contributed by atoms with Crippen molar-refractivity contribution in [2.24, 2.45) is 0 Å². The van der Waals surface area contributed by atoms with Crippen LogP contribution in [0.4, 0.5) is 5.69 Å². The Labute approximate surface area is 99.4 Å². The Balaban J connectivity index is 2.05. The monoisotopic (exact) mass is 251 g/mol. The maximum absolute atomic E-state index is 11.6. The van der Waals surface area contributed by atoms with Crippen molar-refractivity contribution in [2.45, 2.75) is 6.54 Å². The predicted octanol–water partition coefficient (Wildman–Crippen LogP) is -0.764.